The molecule has 14 heavy (non-hydrogen) atoms. The van der Waals surface area contributed by atoms with Crippen LogP contribution in [0.4, 0.5) is 5.82 Å². The van der Waals surface area contributed by atoms with Crippen LogP contribution >= 0.6 is 0 Å². The molecule has 1 aliphatic carbocycles. The Morgan fingerprint density at radius 2 is 2.36 bits per heavy atom. The summed E-state index contributed by atoms with van der Waals surface area (Å²) in [6.07, 6.45) is 3.41. The Morgan fingerprint density at radius 1 is 1.57 bits per heavy atom. The van der Waals surface area contributed by atoms with Crippen LogP contribution in [-0.2, 0) is 11.3 Å². The van der Waals surface area contributed by atoms with Gasteiger partial charge < -0.3 is 10.5 Å². The first kappa shape index (κ1) is 9.45. The van der Waals surface area contributed by atoms with E-state index in [2.05, 4.69) is 10.3 Å². The third-order valence-corrected chi connectivity index (χ3v) is 2.48. The van der Waals surface area contributed by atoms with Gasteiger partial charge in [0, 0.05) is 26.2 Å². The van der Waals surface area contributed by atoms with Gasteiger partial charge in [-0.05, 0) is 19.3 Å². The Hall–Kier alpha value is -1.10. The number of nitrogens with zero attached hydrogens (tertiary/aromatic N) is 3. The van der Waals surface area contributed by atoms with Gasteiger partial charge >= 0.3 is 0 Å². The molecular weight excluding hydrogens is 180 g/mol. The highest BCUT2D eigenvalue weighted by molar-refractivity contribution is 5.38. The van der Waals surface area contributed by atoms with Crippen LogP contribution in [0.15, 0.2) is 0 Å². The van der Waals surface area contributed by atoms with Crippen molar-refractivity contribution in [3.8, 4) is 0 Å². The van der Waals surface area contributed by atoms with E-state index in [1.54, 1.807) is 7.11 Å². The zero-order chi connectivity index (χ0) is 9.97. The molecule has 0 spiro atoms. The first-order chi connectivity index (χ1) is 6.83. The van der Waals surface area contributed by atoms with Gasteiger partial charge in [-0.25, -0.2) is 4.68 Å². The fourth-order valence-corrected chi connectivity index (χ4v) is 1.63. The van der Waals surface area contributed by atoms with E-state index >= 15 is 0 Å². The van der Waals surface area contributed by atoms with Crippen molar-refractivity contribution in [3.05, 3.63) is 5.69 Å². The molecule has 0 unspecified atom stereocenters. The molecule has 2 rings (SSSR count). The molecule has 1 aliphatic rings. The Labute approximate surface area is 83.2 Å². The Morgan fingerprint density at radius 3 is 3.00 bits per heavy atom. The number of aryl methyl sites for hydroxylation is 1. The van der Waals surface area contributed by atoms with E-state index in [1.807, 2.05) is 4.68 Å². The second kappa shape index (κ2) is 3.96. The highest BCUT2D eigenvalue weighted by atomic mass is 16.5. The molecule has 5 heteroatoms. The first-order valence-corrected chi connectivity index (χ1v) is 5.00. The van der Waals surface area contributed by atoms with E-state index in [1.165, 1.54) is 12.8 Å². The molecule has 0 aliphatic heterocycles. The summed E-state index contributed by atoms with van der Waals surface area (Å²) in [5.41, 5.74) is 6.89. The number of ether oxygens (including phenoxy) is 1. The van der Waals surface area contributed by atoms with Crippen molar-refractivity contribution >= 4 is 5.82 Å². The van der Waals surface area contributed by atoms with E-state index in [4.69, 9.17) is 10.5 Å². The van der Waals surface area contributed by atoms with Crippen LogP contribution in [-0.4, -0.2) is 28.7 Å². The number of hydrogen-bond donors (Lipinski definition) is 1. The maximum atomic E-state index is 5.76. The quantitative estimate of drug-likeness (QED) is 0.706. The van der Waals surface area contributed by atoms with E-state index in [9.17, 15) is 0 Å². The highest BCUT2D eigenvalue weighted by Gasteiger charge is 2.30. The van der Waals surface area contributed by atoms with Crippen molar-refractivity contribution in [1.82, 2.24) is 15.0 Å². The lowest BCUT2D eigenvalue weighted by atomic mass is 10.3. The summed E-state index contributed by atoms with van der Waals surface area (Å²) >= 11 is 0. The van der Waals surface area contributed by atoms with Crippen molar-refractivity contribution < 1.29 is 4.74 Å². The Bertz CT molecular complexity index is 306. The van der Waals surface area contributed by atoms with Crippen molar-refractivity contribution in [2.75, 3.05) is 19.5 Å². The molecule has 0 amide bonds. The minimum atomic E-state index is 0.602. The van der Waals surface area contributed by atoms with Gasteiger partial charge in [0.05, 0.1) is 5.69 Å². The summed E-state index contributed by atoms with van der Waals surface area (Å²) in [4.78, 5) is 0. The van der Waals surface area contributed by atoms with Gasteiger partial charge in [-0.2, -0.15) is 0 Å². The van der Waals surface area contributed by atoms with Crippen molar-refractivity contribution in [2.24, 2.45) is 0 Å². The summed E-state index contributed by atoms with van der Waals surface area (Å²) < 4.78 is 6.92. The van der Waals surface area contributed by atoms with Gasteiger partial charge in [0.1, 0.15) is 0 Å². The summed E-state index contributed by atoms with van der Waals surface area (Å²) in [7, 11) is 1.71. The number of aromatic nitrogens is 3. The van der Waals surface area contributed by atoms with Crippen LogP contribution in [0.3, 0.4) is 0 Å². The molecule has 0 radical (unpaired) electrons. The van der Waals surface area contributed by atoms with E-state index in [-0.39, 0.29) is 0 Å². The third-order valence-electron chi connectivity index (χ3n) is 2.48. The van der Waals surface area contributed by atoms with Gasteiger partial charge in [-0.15, -0.1) is 5.10 Å². The zero-order valence-electron chi connectivity index (χ0n) is 8.44. The number of nitrogen functional groups attached to an aromatic ring is 1. The van der Waals surface area contributed by atoms with Crippen LogP contribution in [0.1, 0.15) is 30.9 Å². The summed E-state index contributed by atoms with van der Waals surface area (Å²) in [6, 6.07) is 0. The minimum absolute atomic E-state index is 0.602. The molecule has 1 aromatic rings. The van der Waals surface area contributed by atoms with Gasteiger partial charge in [-0.3, -0.25) is 0 Å². The number of methoxy groups -OCH3 is 1. The Kier molecular flexibility index (Phi) is 2.67. The SMILES string of the molecule is COCCCn1nnc(N)c1C1CC1. The topological polar surface area (TPSA) is 66.0 Å². The summed E-state index contributed by atoms with van der Waals surface area (Å²) in [5.74, 6) is 1.21. The van der Waals surface area contributed by atoms with Crippen LogP contribution in [0.2, 0.25) is 0 Å². The van der Waals surface area contributed by atoms with Crippen LogP contribution in [0.25, 0.3) is 0 Å². The molecule has 0 aromatic carbocycles. The number of anilines is 1. The average molecular weight is 196 g/mol. The second-order valence-corrected chi connectivity index (χ2v) is 3.70. The largest absolute Gasteiger partial charge is 0.385 e. The molecule has 5 nitrogen and oxygen atoms in total. The molecule has 1 heterocycles. The fourth-order valence-electron chi connectivity index (χ4n) is 1.63. The molecule has 0 atom stereocenters. The maximum absolute atomic E-state index is 5.76. The number of nitrogens with two attached hydrogens (primary N) is 1. The molecule has 78 valence electrons. The standard InChI is InChI=1S/C9H16N4O/c1-14-6-2-5-13-8(7-3-4-7)9(10)11-12-13/h7H,2-6,10H2,1H3. The normalized spacial score (nSPS) is 16.1. The second-order valence-electron chi connectivity index (χ2n) is 3.70. The molecule has 1 saturated carbocycles. The van der Waals surface area contributed by atoms with Crippen LogP contribution in [0.5, 0.6) is 0 Å². The van der Waals surface area contributed by atoms with E-state index < -0.39 is 0 Å². The highest BCUT2D eigenvalue weighted by Crippen LogP contribution is 2.41. The van der Waals surface area contributed by atoms with Gasteiger partial charge in [0.2, 0.25) is 0 Å². The molecule has 0 saturated heterocycles. The van der Waals surface area contributed by atoms with Crippen molar-refractivity contribution in [3.63, 3.8) is 0 Å². The van der Waals surface area contributed by atoms with Crippen LogP contribution in [0, 0.1) is 0 Å². The number of rotatable bonds is 5. The smallest absolute Gasteiger partial charge is 0.169 e. The number of hydrogen-bond acceptors (Lipinski definition) is 4. The van der Waals surface area contributed by atoms with Gasteiger partial charge in [0.15, 0.2) is 5.82 Å². The fraction of sp³-hybridized carbons (Fsp3) is 0.778. The van der Waals surface area contributed by atoms with E-state index in [0.29, 0.717) is 11.7 Å². The lowest BCUT2D eigenvalue weighted by Crippen LogP contribution is -2.07. The minimum Gasteiger partial charge on any atom is -0.385 e. The Balaban J connectivity index is 2.01. The lowest BCUT2D eigenvalue weighted by Gasteiger charge is -2.04. The average Bonchev–Trinajstić information content (AvgIpc) is 2.93. The van der Waals surface area contributed by atoms with Gasteiger partial charge in [0.25, 0.3) is 0 Å². The molecule has 2 N–H and O–H groups in total. The van der Waals surface area contributed by atoms with Crippen molar-refractivity contribution in [2.45, 2.75) is 31.7 Å². The molecule has 1 fully saturated rings. The first-order valence-electron chi connectivity index (χ1n) is 5.00. The molecule has 1 aromatic heterocycles. The summed E-state index contributed by atoms with van der Waals surface area (Å²) in [5, 5.41) is 7.94. The lowest BCUT2D eigenvalue weighted by molar-refractivity contribution is 0.188. The molecule has 0 bridgehead atoms. The predicted molar refractivity (Wildman–Crippen MR) is 52.9 cm³/mol. The van der Waals surface area contributed by atoms with Crippen LogP contribution < -0.4 is 5.73 Å². The third kappa shape index (κ3) is 1.87. The van der Waals surface area contributed by atoms with Crippen molar-refractivity contribution in [1.29, 1.82) is 0 Å². The predicted octanol–water partition coefficient (Wildman–Crippen LogP) is 0.774. The van der Waals surface area contributed by atoms with E-state index in [0.717, 1.165) is 25.3 Å². The summed E-state index contributed by atoms with van der Waals surface area (Å²) in [6.45, 7) is 1.60. The monoisotopic (exact) mass is 196 g/mol. The zero-order valence-corrected chi connectivity index (χ0v) is 8.44. The maximum Gasteiger partial charge on any atom is 0.169 e. The van der Waals surface area contributed by atoms with Gasteiger partial charge in [-0.1, -0.05) is 5.21 Å². The molecular formula is C9H16N4O.